The van der Waals surface area contributed by atoms with E-state index < -0.39 is 10.0 Å². The maximum atomic E-state index is 12.1. The van der Waals surface area contributed by atoms with E-state index in [9.17, 15) is 13.2 Å². The van der Waals surface area contributed by atoms with E-state index in [0.29, 0.717) is 18.5 Å². The predicted octanol–water partition coefficient (Wildman–Crippen LogP) is 1.81. The van der Waals surface area contributed by atoms with Gasteiger partial charge in [-0.2, -0.15) is 0 Å². The molecule has 0 aliphatic rings. The van der Waals surface area contributed by atoms with Crippen LogP contribution < -0.4 is 4.72 Å². The Bertz CT molecular complexity index is 710. The molecule has 1 N–H and O–H groups in total. The van der Waals surface area contributed by atoms with E-state index in [1.165, 1.54) is 31.2 Å². The lowest BCUT2D eigenvalue weighted by Gasteiger charge is -2.07. The molecule has 1 aromatic carbocycles. The molecule has 0 fully saturated rings. The maximum absolute atomic E-state index is 12.1. The summed E-state index contributed by atoms with van der Waals surface area (Å²) in [5.41, 5.74) is 1.50. The molecular formula is C15H16N2O3S. The van der Waals surface area contributed by atoms with Crippen molar-refractivity contribution in [3.63, 3.8) is 0 Å². The molecule has 2 rings (SSSR count). The summed E-state index contributed by atoms with van der Waals surface area (Å²) in [6.07, 6.45) is 3.93. The number of Topliss-reactive ketones (excluding diaryl/α,β-unsaturated/α-hetero) is 1. The standard InChI is InChI=1S/C15H16N2O3S/c1-12(18)14-2-4-15(5-3-14)21(19,20)17-11-8-13-6-9-16-10-7-13/h2-7,9-10,17H,8,11H2,1H3. The number of benzene rings is 1. The smallest absolute Gasteiger partial charge is 0.240 e. The van der Waals surface area contributed by atoms with Gasteiger partial charge in [0, 0.05) is 24.5 Å². The van der Waals surface area contributed by atoms with Crippen LogP contribution in [-0.2, 0) is 16.4 Å². The Morgan fingerprint density at radius 1 is 1.10 bits per heavy atom. The quantitative estimate of drug-likeness (QED) is 0.826. The minimum Gasteiger partial charge on any atom is -0.295 e. The number of sulfonamides is 1. The number of ketones is 1. The van der Waals surface area contributed by atoms with Crippen molar-refractivity contribution in [2.45, 2.75) is 18.2 Å². The van der Waals surface area contributed by atoms with E-state index in [0.717, 1.165) is 5.56 Å². The van der Waals surface area contributed by atoms with Crippen molar-refractivity contribution in [1.29, 1.82) is 0 Å². The van der Waals surface area contributed by atoms with Crippen LogP contribution in [0.4, 0.5) is 0 Å². The molecule has 1 aromatic heterocycles. The highest BCUT2D eigenvalue weighted by Crippen LogP contribution is 2.11. The highest BCUT2D eigenvalue weighted by molar-refractivity contribution is 7.89. The first-order valence-corrected chi connectivity index (χ1v) is 7.97. The van der Waals surface area contributed by atoms with E-state index in [1.807, 2.05) is 12.1 Å². The number of pyridine rings is 1. The summed E-state index contributed by atoms with van der Waals surface area (Å²) in [5.74, 6) is -0.0930. The molecule has 0 radical (unpaired) electrons. The molecule has 1 heterocycles. The normalized spacial score (nSPS) is 11.3. The third-order valence-electron chi connectivity index (χ3n) is 3.03. The van der Waals surface area contributed by atoms with Crippen molar-refractivity contribution < 1.29 is 13.2 Å². The second-order valence-electron chi connectivity index (χ2n) is 4.58. The summed E-state index contributed by atoms with van der Waals surface area (Å²) >= 11 is 0. The molecular weight excluding hydrogens is 288 g/mol. The van der Waals surface area contributed by atoms with E-state index >= 15 is 0 Å². The van der Waals surface area contributed by atoms with Gasteiger partial charge in [0.2, 0.25) is 10.0 Å². The zero-order chi connectivity index (χ0) is 15.3. The Balaban J connectivity index is 2.00. The molecule has 5 nitrogen and oxygen atoms in total. The van der Waals surface area contributed by atoms with Gasteiger partial charge >= 0.3 is 0 Å². The third-order valence-corrected chi connectivity index (χ3v) is 4.50. The van der Waals surface area contributed by atoms with Crippen LogP contribution in [0.1, 0.15) is 22.8 Å². The van der Waals surface area contributed by atoms with Gasteiger partial charge in [-0.15, -0.1) is 0 Å². The molecule has 0 aliphatic heterocycles. The largest absolute Gasteiger partial charge is 0.295 e. The lowest BCUT2D eigenvalue weighted by molar-refractivity contribution is 0.101. The monoisotopic (exact) mass is 304 g/mol. The van der Waals surface area contributed by atoms with Crippen molar-refractivity contribution in [3.05, 3.63) is 59.9 Å². The Morgan fingerprint density at radius 3 is 2.29 bits per heavy atom. The van der Waals surface area contributed by atoms with Gasteiger partial charge in [0.05, 0.1) is 4.90 Å². The summed E-state index contributed by atoms with van der Waals surface area (Å²) in [5, 5.41) is 0. The van der Waals surface area contributed by atoms with Crippen molar-refractivity contribution in [2.75, 3.05) is 6.54 Å². The van der Waals surface area contributed by atoms with Crippen molar-refractivity contribution in [3.8, 4) is 0 Å². The van der Waals surface area contributed by atoms with E-state index in [-0.39, 0.29) is 10.7 Å². The van der Waals surface area contributed by atoms with Crippen LogP contribution in [0.2, 0.25) is 0 Å². The molecule has 0 spiro atoms. The van der Waals surface area contributed by atoms with Crippen LogP contribution in [0, 0.1) is 0 Å². The van der Waals surface area contributed by atoms with Gasteiger partial charge in [-0.1, -0.05) is 12.1 Å². The first-order chi connectivity index (χ1) is 9.99. The fraction of sp³-hybridized carbons (Fsp3) is 0.200. The Morgan fingerprint density at radius 2 is 1.71 bits per heavy atom. The van der Waals surface area contributed by atoms with Crippen molar-refractivity contribution >= 4 is 15.8 Å². The molecule has 6 heteroatoms. The number of aromatic nitrogens is 1. The predicted molar refractivity (Wildman–Crippen MR) is 79.6 cm³/mol. The fourth-order valence-corrected chi connectivity index (χ4v) is 2.86. The minimum absolute atomic E-state index is 0.0930. The van der Waals surface area contributed by atoms with Gasteiger partial charge < -0.3 is 0 Å². The number of nitrogens with one attached hydrogen (secondary N) is 1. The number of hydrogen-bond acceptors (Lipinski definition) is 4. The molecule has 0 saturated heterocycles. The molecule has 0 bridgehead atoms. The third kappa shape index (κ3) is 4.21. The second-order valence-corrected chi connectivity index (χ2v) is 6.35. The molecule has 110 valence electrons. The first-order valence-electron chi connectivity index (χ1n) is 6.48. The zero-order valence-electron chi connectivity index (χ0n) is 11.6. The zero-order valence-corrected chi connectivity index (χ0v) is 12.4. The highest BCUT2D eigenvalue weighted by atomic mass is 32.2. The molecule has 0 unspecified atom stereocenters. The molecule has 2 aromatic rings. The number of carbonyl (C=O) groups is 1. The number of carbonyl (C=O) groups excluding carboxylic acids is 1. The van der Waals surface area contributed by atoms with Crippen LogP contribution in [0.25, 0.3) is 0 Å². The fourth-order valence-electron chi connectivity index (χ4n) is 1.83. The summed E-state index contributed by atoms with van der Waals surface area (Å²) < 4.78 is 26.7. The molecule has 0 atom stereocenters. The SMILES string of the molecule is CC(=O)c1ccc(S(=O)(=O)NCCc2ccncc2)cc1. The van der Waals surface area contributed by atoms with Crippen LogP contribution in [0.3, 0.4) is 0 Å². The number of nitrogens with zero attached hydrogens (tertiary/aromatic N) is 1. The highest BCUT2D eigenvalue weighted by Gasteiger charge is 2.13. The van der Waals surface area contributed by atoms with E-state index in [1.54, 1.807) is 12.4 Å². The average Bonchev–Trinajstić information content (AvgIpc) is 2.48. The Hall–Kier alpha value is -2.05. The molecule has 0 aliphatic carbocycles. The molecule has 0 saturated carbocycles. The van der Waals surface area contributed by atoms with Crippen molar-refractivity contribution in [2.24, 2.45) is 0 Å². The van der Waals surface area contributed by atoms with Gasteiger partial charge in [-0.05, 0) is 43.2 Å². The second kappa shape index (κ2) is 6.60. The number of hydrogen-bond donors (Lipinski definition) is 1. The summed E-state index contributed by atoms with van der Waals surface area (Å²) in [6, 6.07) is 9.59. The lowest BCUT2D eigenvalue weighted by atomic mass is 10.2. The molecule has 21 heavy (non-hydrogen) atoms. The maximum Gasteiger partial charge on any atom is 0.240 e. The van der Waals surface area contributed by atoms with Crippen LogP contribution in [0.5, 0.6) is 0 Å². The minimum atomic E-state index is -3.55. The van der Waals surface area contributed by atoms with Crippen molar-refractivity contribution in [1.82, 2.24) is 9.71 Å². The van der Waals surface area contributed by atoms with E-state index in [2.05, 4.69) is 9.71 Å². The van der Waals surface area contributed by atoms with Crippen LogP contribution >= 0.6 is 0 Å². The summed E-state index contributed by atoms with van der Waals surface area (Å²) in [6.45, 7) is 1.75. The Labute approximate surface area is 124 Å². The molecule has 0 amide bonds. The van der Waals surface area contributed by atoms with Gasteiger partial charge in [0.15, 0.2) is 5.78 Å². The van der Waals surface area contributed by atoms with E-state index in [4.69, 9.17) is 0 Å². The average molecular weight is 304 g/mol. The van der Waals surface area contributed by atoms with Gasteiger partial charge in [-0.3, -0.25) is 9.78 Å². The van der Waals surface area contributed by atoms with Gasteiger partial charge in [-0.25, -0.2) is 13.1 Å². The Kier molecular flexibility index (Phi) is 4.82. The first kappa shape index (κ1) is 15.3. The van der Waals surface area contributed by atoms with Gasteiger partial charge in [0.1, 0.15) is 0 Å². The topological polar surface area (TPSA) is 76.1 Å². The van der Waals surface area contributed by atoms with Gasteiger partial charge in [0.25, 0.3) is 0 Å². The summed E-state index contributed by atoms with van der Waals surface area (Å²) in [7, 11) is -3.55. The van der Waals surface area contributed by atoms with Crippen LogP contribution in [-0.4, -0.2) is 25.7 Å². The lowest BCUT2D eigenvalue weighted by Crippen LogP contribution is -2.26. The summed E-state index contributed by atoms with van der Waals surface area (Å²) in [4.78, 5) is 15.2. The van der Waals surface area contributed by atoms with Crippen LogP contribution in [0.15, 0.2) is 53.7 Å². The number of rotatable bonds is 6.